The molecule has 0 saturated heterocycles. The monoisotopic (exact) mass is 251 g/mol. The Kier molecular flexibility index (Phi) is 3.64. The lowest BCUT2D eigenvalue weighted by Gasteiger charge is -2.19. The Balaban J connectivity index is 1.78. The van der Waals surface area contributed by atoms with Gasteiger partial charge in [-0.25, -0.2) is 0 Å². The second-order valence-corrected chi connectivity index (χ2v) is 4.56. The number of anilines is 1. The Hall–Kier alpha value is -1.85. The number of rotatable bonds is 5. The van der Waals surface area contributed by atoms with Crippen molar-refractivity contribution in [2.24, 2.45) is 0 Å². The molecular weight excluding hydrogens is 234 g/mol. The molecule has 1 aromatic heterocycles. The van der Waals surface area contributed by atoms with Gasteiger partial charge in [-0.05, 0) is 19.8 Å². The molecular formula is C12H17N3O3. The summed E-state index contributed by atoms with van der Waals surface area (Å²) in [4.78, 5) is 24.8. The zero-order chi connectivity index (χ0) is 13.1. The maximum atomic E-state index is 11.7. The number of amides is 2. The summed E-state index contributed by atoms with van der Waals surface area (Å²) < 4.78 is 4.85. The molecule has 2 amide bonds. The number of nitrogens with zero attached hydrogens (tertiary/aromatic N) is 2. The summed E-state index contributed by atoms with van der Waals surface area (Å²) in [6.45, 7) is 3.76. The van der Waals surface area contributed by atoms with Crippen LogP contribution in [0.15, 0.2) is 10.6 Å². The molecule has 1 saturated carbocycles. The molecule has 0 radical (unpaired) electrons. The number of aryl methyl sites for hydroxylation is 1. The van der Waals surface area contributed by atoms with Crippen LogP contribution < -0.4 is 5.32 Å². The lowest BCUT2D eigenvalue weighted by atomic mass is 10.3. The first-order valence-electron chi connectivity index (χ1n) is 6.06. The van der Waals surface area contributed by atoms with Gasteiger partial charge >= 0.3 is 0 Å². The van der Waals surface area contributed by atoms with Crippen molar-refractivity contribution in [3.63, 3.8) is 0 Å². The zero-order valence-corrected chi connectivity index (χ0v) is 10.6. The van der Waals surface area contributed by atoms with Crippen LogP contribution in [-0.4, -0.2) is 34.5 Å². The van der Waals surface area contributed by atoms with E-state index < -0.39 is 0 Å². The Morgan fingerprint density at radius 2 is 2.28 bits per heavy atom. The molecule has 1 fully saturated rings. The number of hydrogen-bond donors (Lipinski definition) is 1. The molecule has 0 atom stereocenters. The summed E-state index contributed by atoms with van der Waals surface area (Å²) in [6.07, 6.45) is 2.37. The van der Waals surface area contributed by atoms with Crippen molar-refractivity contribution in [2.75, 3.05) is 11.9 Å². The summed E-state index contributed by atoms with van der Waals surface area (Å²) in [7, 11) is 0. The van der Waals surface area contributed by atoms with Crippen molar-refractivity contribution in [1.82, 2.24) is 10.1 Å². The van der Waals surface area contributed by atoms with Gasteiger partial charge in [0.15, 0.2) is 5.82 Å². The highest BCUT2D eigenvalue weighted by molar-refractivity contribution is 5.90. The van der Waals surface area contributed by atoms with Crippen LogP contribution in [0.2, 0.25) is 0 Å². The van der Waals surface area contributed by atoms with Crippen molar-refractivity contribution in [1.29, 1.82) is 0 Å². The first-order chi connectivity index (χ1) is 8.56. The highest BCUT2D eigenvalue weighted by atomic mass is 16.5. The van der Waals surface area contributed by atoms with Gasteiger partial charge in [0, 0.05) is 32.0 Å². The van der Waals surface area contributed by atoms with Crippen LogP contribution in [-0.2, 0) is 9.59 Å². The molecule has 1 heterocycles. The van der Waals surface area contributed by atoms with Crippen LogP contribution in [0.3, 0.4) is 0 Å². The number of nitrogens with one attached hydrogen (secondary N) is 1. The van der Waals surface area contributed by atoms with E-state index in [0.717, 1.165) is 12.8 Å². The van der Waals surface area contributed by atoms with Gasteiger partial charge in [-0.15, -0.1) is 0 Å². The molecule has 0 aromatic carbocycles. The van der Waals surface area contributed by atoms with E-state index >= 15 is 0 Å². The fraction of sp³-hybridized carbons (Fsp3) is 0.583. The predicted molar refractivity (Wildman–Crippen MR) is 64.9 cm³/mol. The van der Waals surface area contributed by atoms with Crippen LogP contribution in [0.25, 0.3) is 0 Å². The summed E-state index contributed by atoms with van der Waals surface area (Å²) in [6, 6.07) is 1.99. The topological polar surface area (TPSA) is 75.4 Å². The van der Waals surface area contributed by atoms with Crippen LogP contribution in [0.5, 0.6) is 0 Å². The van der Waals surface area contributed by atoms with E-state index in [2.05, 4.69) is 10.5 Å². The quantitative estimate of drug-likeness (QED) is 0.856. The van der Waals surface area contributed by atoms with Gasteiger partial charge in [-0.2, -0.15) is 0 Å². The average Bonchev–Trinajstić information content (AvgIpc) is 3.03. The largest absolute Gasteiger partial charge is 0.360 e. The minimum Gasteiger partial charge on any atom is -0.360 e. The fourth-order valence-corrected chi connectivity index (χ4v) is 1.84. The lowest BCUT2D eigenvalue weighted by Crippen LogP contribution is -2.33. The van der Waals surface area contributed by atoms with Crippen LogP contribution in [0.4, 0.5) is 5.82 Å². The summed E-state index contributed by atoms with van der Waals surface area (Å²) >= 11 is 0. The maximum absolute atomic E-state index is 11.7. The van der Waals surface area contributed by atoms with Crippen LogP contribution in [0.1, 0.15) is 31.9 Å². The van der Waals surface area contributed by atoms with Gasteiger partial charge in [0.25, 0.3) is 0 Å². The van der Waals surface area contributed by atoms with Gasteiger partial charge in [-0.3, -0.25) is 9.59 Å². The highest BCUT2D eigenvalue weighted by Gasteiger charge is 2.30. The van der Waals surface area contributed by atoms with Crippen molar-refractivity contribution < 1.29 is 14.1 Å². The number of carbonyl (C=O) groups is 2. The Morgan fingerprint density at radius 3 is 2.78 bits per heavy atom. The minimum absolute atomic E-state index is 0.0302. The number of hydrogen-bond acceptors (Lipinski definition) is 4. The molecule has 0 bridgehead atoms. The molecule has 6 heteroatoms. The third-order valence-electron chi connectivity index (χ3n) is 2.87. The fourth-order valence-electron chi connectivity index (χ4n) is 1.84. The van der Waals surface area contributed by atoms with Crippen LogP contribution >= 0.6 is 0 Å². The molecule has 98 valence electrons. The Morgan fingerprint density at radius 1 is 1.56 bits per heavy atom. The van der Waals surface area contributed by atoms with Crippen molar-refractivity contribution in [3.05, 3.63) is 11.8 Å². The molecule has 0 unspecified atom stereocenters. The molecule has 2 rings (SSSR count). The van der Waals surface area contributed by atoms with E-state index in [4.69, 9.17) is 4.52 Å². The first kappa shape index (κ1) is 12.6. The SMILES string of the molecule is CC(=O)N(CCC(=O)Nc1cc(C)on1)C1CC1. The maximum Gasteiger partial charge on any atom is 0.227 e. The highest BCUT2D eigenvalue weighted by Crippen LogP contribution is 2.26. The van der Waals surface area contributed by atoms with Crippen molar-refractivity contribution >= 4 is 17.6 Å². The standard InChI is InChI=1S/C12H17N3O3/c1-8-7-11(14-18-8)13-12(17)5-6-15(9(2)16)10-3-4-10/h7,10H,3-6H2,1-2H3,(H,13,14,17). The minimum atomic E-state index is -0.157. The predicted octanol–water partition coefficient (Wildman–Crippen LogP) is 1.32. The van der Waals surface area contributed by atoms with Gasteiger partial charge < -0.3 is 14.7 Å². The molecule has 1 aliphatic rings. The third kappa shape index (κ3) is 3.32. The molecule has 1 aliphatic carbocycles. The second kappa shape index (κ2) is 5.20. The zero-order valence-electron chi connectivity index (χ0n) is 10.6. The van der Waals surface area contributed by atoms with Gasteiger partial charge in [0.05, 0.1) is 0 Å². The van der Waals surface area contributed by atoms with E-state index in [9.17, 15) is 9.59 Å². The second-order valence-electron chi connectivity index (χ2n) is 4.56. The Bertz CT molecular complexity index is 451. The smallest absolute Gasteiger partial charge is 0.227 e. The van der Waals surface area contributed by atoms with E-state index in [1.165, 1.54) is 6.92 Å². The normalized spacial score (nSPS) is 14.3. The number of carbonyl (C=O) groups excluding carboxylic acids is 2. The molecule has 1 N–H and O–H groups in total. The Labute approximate surface area is 105 Å². The van der Waals surface area contributed by atoms with E-state index in [1.807, 2.05) is 0 Å². The molecule has 1 aromatic rings. The van der Waals surface area contributed by atoms with Crippen LogP contribution in [0, 0.1) is 6.92 Å². The molecule has 0 spiro atoms. The van der Waals surface area contributed by atoms with Crippen molar-refractivity contribution in [2.45, 2.75) is 39.2 Å². The van der Waals surface area contributed by atoms with E-state index in [0.29, 0.717) is 24.2 Å². The van der Waals surface area contributed by atoms with E-state index in [1.54, 1.807) is 17.9 Å². The van der Waals surface area contributed by atoms with Crippen molar-refractivity contribution in [3.8, 4) is 0 Å². The summed E-state index contributed by atoms with van der Waals surface area (Å²) in [5, 5.41) is 6.31. The van der Waals surface area contributed by atoms with Gasteiger partial charge in [0.1, 0.15) is 5.76 Å². The average molecular weight is 251 g/mol. The molecule has 0 aliphatic heterocycles. The van der Waals surface area contributed by atoms with Gasteiger partial charge in [-0.1, -0.05) is 5.16 Å². The lowest BCUT2D eigenvalue weighted by molar-refractivity contribution is -0.129. The van der Waals surface area contributed by atoms with E-state index in [-0.39, 0.29) is 18.2 Å². The summed E-state index contributed by atoms with van der Waals surface area (Å²) in [5.41, 5.74) is 0. The number of aromatic nitrogens is 1. The first-order valence-corrected chi connectivity index (χ1v) is 6.06. The summed E-state index contributed by atoms with van der Waals surface area (Å²) in [5.74, 6) is 0.935. The third-order valence-corrected chi connectivity index (χ3v) is 2.87. The molecule has 6 nitrogen and oxygen atoms in total. The van der Waals surface area contributed by atoms with Gasteiger partial charge in [0.2, 0.25) is 11.8 Å². The molecule has 18 heavy (non-hydrogen) atoms.